The highest BCUT2D eigenvalue weighted by Crippen LogP contribution is 2.16. The quantitative estimate of drug-likeness (QED) is 0.828. The summed E-state index contributed by atoms with van der Waals surface area (Å²) in [5.41, 5.74) is 6.72. The monoisotopic (exact) mass is 242 g/mol. The van der Waals surface area contributed by atoms with Gasteiger partial charge in [-0.3, -0.25) is 4.79 Å². The molecule has 80 valence electrons. The second-order valence-corrected chi connectivity index (χ2v) is 4.38. The Morgan fingerprint density at radius 2 is 2.40 bits per heavy atom. The minimum Gasteiger partial charge on any atom is -0.396 e. The van der Waals surface area contributed by atoms with Gasteiger partial charge in [-0.2, -0.15) is 0 Å². The molecule has 1 aromatic heterocycles. The molecule has 0 saturated heterocycles. The van der Waals surface area contributed by atoms with Crippen molar-refractivity contribution >= 4 is 40.2 Å². The average molecular weight is 243 g/mol. The molecule has 0 aliphatic rings. The van der Waals surface area contributed by atoms with Crippen LogP contribution in [0.4, 0.5) is 5.69 Å². The number of anilines is 1. The molecule has 0 unspecified atom stereocenters. The van der Waals surface area contributed by atoms with E-state index in [0.29, 0.717) is 16.6 Å². The number of nitrogens with two attached hydrogens (primary N) is 1. The molecule has 1 aromatic rings. The first kappa shape index (κ1) is 12.1. The summed E-state index contributed by atoms with van der Waals surface area (Å²) >= 11 is 6.99. The standard InChI is InChI=1S/C10H11ClN2OS/c1-7(14)15-6-2-3-8-4-5-9(12)10(11)13-8/h2-5H,6,12H2,1H3. The molecule has 2 N–H and O–H groups in total. The third kappa shape index (κ3) is 4.36. The van der Waals surface area contributed by atoms with Gasteiger partial charge >= 0.3 is 0 Å². The molecule has 0 aliphatic heterocycles. The van der Waals surface area contributed by atoms with Crippen LogP contribution in [-0.2, 0) is 4.79 Å². The summed E-state index contributed by atoms with van der Waals surface area (Å²) in [7, 11) is 0. The Kier molecular flexibility index (Phi) is 4.65. The van der Waals surface area contributed by atoms with Crippen LogP contribution in [0.15, 0.2) is 18.2 Å². The Bertz CT molecular complexity index is 393. The van der Waals surface area contributed by atoms with Crippen molar-refractivity contribution in [3.05, 3.63) is 29.1 Å². The number of thioether (sulfide) groups is 1. The third-order valence-electron chi connectivity index (χ3n) is 1.57. The molecule has 0 bridgehead atoms. The van der Waals surface area contributed by atoms with Crippen molar-refractivity contribution < 1.29 is 4.79 Å². The molecule has 0 amide bonds. The van der Waals surface area contributed by atoms with E-state index in [-0.39, 0.29) is 5.12 Å². The van der Waals surface area contributed by atoms with Gasteiger partial charge in [0.1, 0.15) is 0 Å². The van der Waals surface area contributed by atoms with Gasteiger partial charge in [0.05, 0.1) is 11.4 Å². The van der Waals surface area contributed by atoms with E-state index in [4.69, 9.17) is 17.3 Å². The van der Waals surface area contributed by atoms with Crippen molar-refractivity contribution in [2.75, 3.05) is 11.5 Å². The number of nitrogens with zero attached hydrogens (tertiary/aromatic N) is 1. The van der Waals surface area contributed by atoms with Gasteiger partial charge in [0.2, 0.25) is 0 Å². The van der Waals surface area contributed by atoms with E-state index in [0.717, 1.165) is 5.69 Å². The number of aromatic nitrogens is 1. The first-order valence-corrected chi connectivity index (χ1v) is 5.68. The number of hydrogen-bond acceptors (Lipinski definition) is 4. The van der Waals surface area contributed by atoms with Crippen molar-refractivity contribution in [2.45, 2.75) is 6.92 Å². The van der Waals surface area contributed by atoms with Crippen LogP contribution < -0.4 is 5.73 Å². The first-order chi connectivity index (χ1) is 7.09. The summed E-state index contributed by atoms with van der Waals surface area (Å²) in [6.45, 7) is 1.54. The molecule has 15 heavy (non-hydrogen) atoms. The Balaban J connectivity index is 2.57. The normalized spacial score (nSPS) is 10.8. The van der Waals surface area contributed by atoms with Crippen molar-refractivity contribution in [1.82, 2.24) is 4.98 Å². The van der Waals surface area contributed by atoms with Gasteiger partial charge in [0.15, 0.2) is 10.3 Å². The highest BCUT2D eigenvalue weighted by molar-refractivity contribution is 8.13. The Hall–Kier alpha value is -1.000. The smallest absolute Gasteiger partial charge is 0.186 e. The second-order valence-electron chi connectivity index (χ2n) is 2.82. The predicted molar refractivity (Wildman–Crippen MR) is 65.8 cm³/mol. The number of rotatable bonds is 3. The highest BCUT2D eigenvalue weighted by atomic mass is 35.5. The molecular weight excluding hydrogens is 232 g/mol. The van der Waals surface area contributed by atoms with Crippen LogP contribution in [0.2, 0.25) is 5.15 Å². The number of nitrogen functional groups attached to an aromatic ring is 1. The Morgan fingerprint density at radius 1 is 1.67 bits per heavy atom. The zero-order valence-corrected chi connectivity index (χ0v) is 9.81. The molecule has 1 rings (SSSR count). The largest absolute Gasteiger partial charge is 0.396 e. The number of carbonyl (C=O) groups excluding carboxylic acids is 1. The Labute approximate surface area is 97.7 Å². The minimum atomic E-state index is 0.1000. The molecule has 3 nitrogen and oxygen atoms in total. The maximum Gasteiger partial charge on any atom is 0.186 e. The molecule has 0 atom stereocenters. The number of hydrogen-bond donors (Lipinski definition) is 1. The van der Waals surface area contributed by atoms with Crippen LogP contribution in [0.1, 0.15) is 12.6 Å². The average Bonchev–Trinajstić information content (AvgIpc) is 2.18. The lowest BCUT2D eigenvalue weighted by Gasteiger charge is -1.97. The van der Waals surface area contributed by atoms with E-state index < -0.39 is 0 Å². The van der Waals surface area contributed by atoms with Crippen LogP contribution in [0, 0.1) is 0 Å². The molecule has 0 radical (unpaired) electrons. The molecule has 0 aromatic carbocycles. The van der Waals surface area contributed by atoms with Crippen molar-refractivity contribution in [3.8, 4) is 0 Å². The van der Waals surface area contributed by atoms with Gasteiger partial charge in [0.25, 0.3) is 0 Å². The van der Waals surface area contributed by atoms with Gasteiger partial charge in [-0.25, -0.2) is 4.98 Å². The molecule has 0 fully saturated rings. The van der Waals surface area contributed by atoms with Gasteiger partial charge in [0, 0.05) is 12.7 Å². The summed E-state index contributed by atoms with van der Waals surface area (Å²) in [5.74, 6) is 0.638. The minimum absolute atomic E-state index is 0.1000. The van der Waals surface area contributed by atoms with E-state index in [1.807, 2.05) is 6.08 Å². The van der Waals surface area contributed by atoms with Gasteiger partial charge in [-0.15, -0.1) is 0 Å². The SMILES string of the molecule is CC(=O)SCC=Cc1ccc(N)c(Cl)n1. The zero-order valence-electron chi connectivity index (χ0n) is 8.24. The van der Waals surface area contributed by atoms with E-state index in [2.05, 4.69) is 4.98 Å². The first-order valence-electron chi connectivity index (χ1n) is 4.31. The predicted octanol–water partition coefficient (Wildman–Crippen LogP) is 2.61. The van der Waals surface area contributed by atoms with Crippen LogP contribution in [-0.4, -0.2) is 15.9 Å². The lowest BCUT2D eigenvalue weighted by Crippen LogP contribution is -1.90. The fourth-order valence-electron chi connectivity index (χ4n) is 0.886. The van der Waals surface area contributed by atoms with Crippen LogP contribution in [0.5, 0.6) is 0 Å². The lowest BCUT2D eigenvalue weighted by atomic mass is 10.3. The molecule has 5 heteroatoms. The van der Waals surface area contributed by atoms with Gasteiger partial charge < -0.3 is 5.73 Å². The molecule has 0 aliphatic carbocycles. The third-order valence-corrected chi connectivity index (χ3v) is 2.64. The van der Waals surface area contributed by atoms with Crippen molar-refractivity contribution in [1.29, 1.82) is 0 Å². The van der Waals surface area contributed by atoms with E-state index in [1.54, 1.807) is 18.2 Å². The highest BCUT2D eigenvalue weighted by Gasteiger charge is 1.97. The van der Waals surface area contributed by atoms with Crippen molar-refractivity contribution in [3.63, 3.8) is 0 Å². The molecule has 0 saturated carbocycles. The maximum atomic E-state index is 10.6. The summed E-state index contributed by atoms with van der Waals surface area (Å²) in [4.78, 5) is 14.7. The topological polar surface area (TPSA) is 56.0 Å². The van der Waals surface area contributed by atoms with Crippen LogP contribution >= 0.6 is 23.4 Å². The molecular formula is C10H11ClN2OS. The second kappa shape index (κ2) is 5.78. The number of halogens is 1. The van der Waals surface area contributed by atoms with E-state index >= 15 is 0 Å². The summed E-state index contributed by atoms with van der Waals surface area (Å²) in [6, 6.07) is 3.48. The van der Waals surface area contributed by atoms with Crippen LogP contribution in [0.25, 0.3) is 6.08 Å². The summed E-state index contributed by atoms with van der Waals surface area (Å²) < 4.78 is 0. The van der Waals surface area contributed by atoms with Gasteiger partial charge in [-0.05, 0) is 18.2 Å². The maximum absolute atomic E-state index is 10.6. The number of carbonyl (C=O) groups is 1. The summed E-state index contributed by atoms with van der Waals surface area (Å²) in [6.07, 6.45) is 3.67. The molecule has 1 heterocycles. The Morgan fingerprint density at radius 3 is 3.00 bits per heavy atom. The lowest BCUT2D eigenvalue weighted by molar-refractivity contribution is -0.109. The zero-order chi connectivity index (χ0) is 11.3. The van der Waals surface area contributed by atoms with Gasteiger partial charge in [-0.1, -0.05) is 29.4 Å². The van der Waals surface area contributed by atoms with Crippen LogP contribution in [0.3, 0.4) is 0 Å². The fourth-order valence-corrected chi connectivity index (χ4v) is 1.47. The number of pyridine rings is 1. The molecule has 0 spiro atoms. The van der Waals surface area contributed by atoms with Crippen molar-refractivity contribution in [2.24, 2.45) is 0 Å². The van der Waals surface area contributed by atoms with E-state index in [1.165, 1.54) is 18.7 Å². The van der Waals surface area contributed by atoms with E-state index in [9.17, 15) is 4.79 Å². The summed E-state index contributed by atoms with van der Waals surface area (Å²) in [5, 5.41) is 0.402. The fraction of sp³-hybridized carbons (Fsp3) is 0.200.